The Morgan fingerprint density at radius 3 is 2.07 bits per heavy atom. The van der Waals surface area contributed by atoms with Gasteiger partial charge in [0.15, 0.2) is 0 Å². The summed E-state index contributed by atoms with van der Waals surface area (Å²) in [4.78, 5) is 11.2. The lowest BCUT2D eigenvalue weighted by Gasteiger charge is -2.37. The van der Waals surface area contributed by atoms with Crippen LogP contribution in [0.15, 0.2) is 72.5 Å². The van der Waals surface area contributed by atoms with Crippen molar-refractivity contribution in [2.24, 2.45) is 5.41 Å². The highest BCUT2D eigenvalue weighted by Gasteiger charge is 2.59. The Kier molecular flexibility index (Phi) is 5.97. The van der Waals surface area contributed by atoms with Gasteiger partial charge in [0, 0.05) is 6.92 Å². The third-order valence-electron chi connectivity index (χ3n) is 5.39. The number of carbonyl (C=O) groups is 1. The van der Waals surface area contributed by atoms with Gasteiger partial charge in [0.1, 0.15) is 12.4 Å². The molecule has 0 amide bonds. The molecule has 2 aromatic carbocycles. The second-order valence-electron chi connectivity index (χ2n) is 7.61. The van der Waals surface area contributed by atoms with Crippen molar-refractivity contribution in [1.82, 2.24) is 0 Å². The zero-order chi connectivity index (χ0) is 20.1. The van der Waals surface area contributed by atoms with Crippen LogP contribution in [0.2, 0.25) is 0 Å². The average Bonchev–Trinajstić information content (AvgIpc) is 3.54. The Hall–Kier alpha value is -2.63. The van der Waals surface area contributed by atoms with Crippen molar-refractivity contribution in [2.45, 2.75) is 45.4 Å². The molecule has 5 heteroatoms. The Labute approximate surface area is 171 Å². The van der Waals surface area contributed by atoms with Crippen molar-refractivity contribution in [1.29, 1.82) is 0 Å². The summed E-state index contributed by atoms with van der Waals surface area (Å²) < 4.78 is 23.7. The molecule has 0 N–H and O–H groups in total. The lowest BCUT2D eigenvalue weighted by atomic mass is 9.94. The second kappa shape index (κ2) is 8.80. The van der Waals surface area contributed by atoms with Crippen LogP contribution in [0, 0.1) is 5.41 Å². The largest absolute Gasteiger partial charge is 0.465 e. The van der Waals surface area contributed by atoms with Crippen molar-refractivity contribution in [3.63, 3.8) is 0 Å². The first-order chi connectivity index (χ1) is 14.2. The smallest absolute Gasteiger partial charge is 0.303 e. The van der Waals surface area contributed by atoms with Crippen LogP contribution in [0.1, 0.15) is 30.9 Å². The maximum Gasteiger partial charge on any atom is 0.303 e. The zero-order valence-corrected chi connectivity index (χ0v) is 16.6. The molecule has 1 fully saturated rings. The fraction of sp³-hybridized carbons (Fsp3) is 0.375. The first-order valence-electron chi connectivity index (χ1n) is 9.97. The highest BCUT2D eigenvalue weighted by Crippen LogP contribution is 2.57. The molecule has 1 aliphatic heterocycles. The molecular formula is C24H26O5. The molecule has 0 saturated heterocycles. The number of esters is 1. The quantitative estimate of drug-likeness (QED) is 0.622. The molecule has 29 heavy (non-hydrogen) atoms. The van der Waals surface area contributed by atoms with E-state index in [1.165, 1.54) is 6.92 Å². The van der Waals surface area contributed by atoms with Gasteiger partial charge in [-0.15, -0.1) is 0 Å². The topological polar surface area (TPSA) is 54.0 Å². The van der Waals surface area contributed by atoms with E-state index in [-0.39, 0.29) is 24.1 Å². The third kappa shape index (κ3) is 4.86. The predicted octanol–water partition coefficient (Wildman–Crippen LogP) is 4.37. The van der Waals surface area contributed by atoms with Gasteiger partial charge < -0.3 is 18.9 Å². The maximum absolute atomic E-state index is 11.2. The van der Waals surface area contributed by atoms with Crippen LogP contribution in [-0.4, -0.2) is 25.0 Å². The SMILES string of the molecule is CC(=O)OCC1=C[C@@H](OCc2ccccc2)C2(CC2)[C@H](OCc2ccccc2)O1. The minimum atomic E-state index is -0.431. The summed E-state index contributed by atoms with van der Waals surface area (Å²) in [5, 5.41) is 0. The van der Waals surface area contributed by atoms with E-state index >= 15 is 0 Å². The highest BCUT2D eigenvalue weighted by molar-refractivity contribution is 5.66. The lowest BCUT2D eigenvalue weighted by molar-refractivity contribution is -0.207. The molecular weight excluding hydrogens is 368 g/mol. The number of rotatable bonds is 8. The summed E-state index contributed by atoms with van der Waals surface area (Å²) in [6.45, 7) is 2.44. The number of ether oxygens (including phenoxy) is 4. The normalized spacial score (nSPS) is 21.9. The summed E-state index contributed by atoms with van der Waals surface area (Å²) in [6, 6.07) is 20.1. The summed E-state index contributed by atoms with van der Waals surface area (Å²) >= 11 is 0. The first kappa shape index (κ1) is 19.7. The molecule has 1 saturated carbocycles. The Balaban J connectivity index is 1.48. The van der Waals surface area contributed by atoms with Gasteiger partial charge in [0.25, 0.3) is 0 Å². The standard InChI is InChI=1S/C24H26O5/c1-18(25)26-17-21-14-22(27-15-19-8-4-2-5-9-19)24(12-13-24)23(29-21)28-16-20-10-6-3-7-11-20/h2-11,14,22-23H,12-13,15-17H2,1H3/t22-,23-/m1/s1. The van der Waals surface area contributed by atoms with Crippen molar-refractivity contribution in [3.8, 4) is 0 Å². The molecule has 0 aromatic heterocycles. The molecule has 2 aliphatic rings. The van der Waals surface area contributed by atoms with E-state index in [0.717, 1.165) is 24.0 Å². The molecule has 1 heterocycles. The van der Waals surface area contributed by atoms with E-state index in [0.29, 0.717) is 19.0 Å². The Morgan fingerprint density at radius 2 is 1.52 bits per heavy atom. The minimum absolute atomic E-state index is 0.0851. The minimum Gasteiger partial charge on any atom is -0.465 e. The number of carbonyl (C=O) groups excluding carboxylic acids is 1. The van der Waals surface area contributed by atoms with Gasteiger partial charge in [-0.2, -0.15) is 0 Å². The molecule has 4 rings (SSSR count). The molecule has 2 aromatic rings. The van der Waals surface area contributed by atoms with Crippen LogP contribution in [0.5, 0.6) is 0 Å². The Bertz CT molecular complexity index is 842. The van der Waals surface area contributed by atoms with E-state index in [1.54, 1.807) is 0 Å². The van der Waals surface area contributed by atoms with Crippen LogP contribution in [0.25, 0.3) is 0 Å². The number of benzene rings is 2. The van der Waals surface area contributed by atoms with Gasteiger partial charge in [0.2, 0.25) is 6.29 Å². The van der Waals surface area contributed by atoms with Gasteiger partial charge in [-0.1, -0.05) is 60.7 Å². The average molecular weight is 394 g/mol. The van der Waals surface area contributed by atoms with Crippen LogP contribution in [0.4, 0.5) is 0 Å². The molecule has 0 unspecified atom stereocenters. The summed E-state index contributed by atoms with van der Waals surface area (Å²) in [5.41, 5.74) is 2.01. The predicted molar refractivity (Wildman–Crippen MR) is 108 cm³/mol. The van der Waals surface area contributed by atoms with Crippen LogP contribution < -0.4 is 0 Å². The number of hydrogen-bond acceptors (Lipinski definition) is 5. The van der Waals surface area contributed by atoms with Gasteiger partial charge in [-0.25, -0.2) is 0 Å². The summed E-state index contributed by atoms with van der Waals surface area (Å²) in [5.74, 6) is 0.235. The van der Waals surface area contributed by atoms with Gasteiger partial charge in [0.05, 0.1) is 24.7 Å². The molecule has 1 spiro atoms. The third-order valence-corrected chi connectivity index (χ3v) is 5.39. The molecule has 2 atom stereocenters. The molecule has 1 aliphatic carbocycles. The van der Waals surface area contributed by atoms with Crippen LogP contribution in [-0.2, 0) is 37.0 Å². The monoisotopic (exact) mass is 394 g/mol. The highest BCUT2D eigenvalue weighted by atomic mass is 16.7. The van der Waals surface area contributed by atoms with E-state index in [2.05, 4.69) is 0 Å². The Morgan fingerprint density at radius 1 is 0.931 bits per heavy atom. The fourth-order valence-electron chi connectivity index (χ4n) is 3.60. The van der Waals surface area contributed by atoms with Crippen molar-refractivity contribution < 1.29 is 23.7 Å². The first-order valence-corrected chi connectivity index (χ1v) is 9.97. The summed E-state index contributed by atoms with van der Waals surface area (Å²) in [6.07, 6.45) is 3.31. The van der Waals surface area contributed by atoms with Gasteiger partial charge in [-0.05, 0) is 30.0 Å². The fourth-order valence-corrected chi connectivity index (χ4v) is 3.60. The van der Waals surface area contributed by atoms with Gasteiger partial charge >= 0.3 is 5.97 Å². The van der Waals surface area contributed by atoms with Crippen molar-refractivity contribution in [2.75, 3.05) is 6.61 Å². The molecule has 0 bridgehead atoms. The zero-order valence-electron chi connectivity index (χ0n) is 16.6. The number of hydrogen-bond donors (Lipinski definition) is 0. The van der Waals surface area contributed by atoms with E-state index in [1.807, 2.05) is 66.7 Å². The van der Waals surface area contributed by atoms with Crippen molar-refractivity contribution in [3.05, 3.63) is 83.6 Å². The summed E-state index contributed by atoms with van der Waals surface area (Å²) in [7, 11) is 0. The van der Waals surface area contributed by atoms with E-state index in [4.69, 9.17) is 18.9 Å². The maximum atomic E-state index is 11.2. The van der Waals surface area contributed by atoms with Crippen molar-refractivity contribution >= 4 is 5.97 Å². The van der Waals surface area contributed by atoms with E-state index < -0.39 is 6.29 Å². The molecule has 5 nitrogen and oxygen atoms in total. The second-order valence-corrected chi connectivity index (χ2v) is 7.61. The molecule has 0 radical (unpaired) electrons. The van der Waals surface area contributed by atoms with Crippen LogP contribution >= 0.6 is 0 Å². The van der Waals surface area contributed by atoms with Gasteiger partial charge in [-0.3, -0.25) is 4.79 Å². The lowest BCUT2D eigenvalue weighted by Crippen LogP contribution is -2.42. The van der Waals surface area contributed by atoms with Crippen LogP contribution in [0.3, 0.4) is 0 Å². The van der Waals surface area contributed by atoms with E-state index in [9.17, 15) is 4.79 Å². The molecule has 152 valence electrons.